The van der Waals surface area contributed by atoms with E-state index in [1.54, 1.807) is 6.07 Å². The second-order valence-electron chi connectivity index (χ2n) is 2.38. The Balaban J connectivity index is 3.02. The van der Waals surface area contributed by atoms with Gasteiger partial charge in [0.2, 0.25) is 0 Å². The van der Waals surface area contributed by atoms with Crippen LogP contribution in [-0.4, -0.2) is 5.11 Å². The normalized spacial score (nSPS) is 10.1. The van der Waals surface area contributed by atoms with Crippen molar-refractivity contribution in [1.29, 1.82) is 0 Å². The third kappa shape index (κ3) is 2.02. The highest BCUT2D eigenvalue weighted by atomic mass is 19.1. The van der Waals surface area contributed by atoms with Crippen molar-refractivity contribution in [3.63, 3.8) is 0 Å². The van der Waals surface area contributed by atoms with Crippen LogP contribution in [0, 0.1) is 12.4 Å². The number of aliphatic hydroxyl groups excluding tert-OH is 1. The lowest BCUT2D eigenvalue weighted by atomic mass is 10.1. The Morgan fingerprint density at radius 1 is 1.45 bits per heavy atom. The first-order chi connectivity index (χ1) is 5.26. The van der Waals surface area contributed by atoms with E-state index in [2.05, 4.69) is 0 Å². The number of rotatable bonds is 2. The molecule has 0 fully saturated rings. The molecule has 0 spiro atoms. The molecule has 1 aromatic carbocycles. The second-order valence-corrected chi connectivity index (χ2v) is 2.38. The van der Waals surface area contributed by atoms with Gasteiger partial charge in [-0.05, 0) is 29.7 Å². The maximum Gasteiger partial charge on any atom is 0.123 e. The van der Waals surface area contributed by atoms with E-state index in [4.69, 9.17) is 5.11 Å². The molecule has 11 heavy (non-hydrogen) atoms. The summed E-state index contributed by atoms with van der Waals surface area (Å²) in [6.07, 6.45) is 0.776. The average Bonchev–Trinajstić information content (AvgIpc) is 2.03. The summed E-state index contributed by atoms with van der Waals surface area (Å²) in [6, 6.07) is 4.51. The molecule has 0 amide bonds. The number of hydrogen-bond donors (Lipinski definition) is 1. The van der Waals surface area contributed by atoms with Gasteiger partial charge in [-0.3, -0.25) is 0 Å². The molecule has 0 atom stereocenters. The van der Waals surface area contributed by atoms with E-state index >= 15 is 0 Å². The van der Waals surface area contributed by atoms with Gasteiger partial charge in [-0.25, -0.2) is 4.39 Å². The first kappa shape index (κ1) is 8.21. The fourth-order valence-electron chi connectivity index (χ4n) is 0.954. The Morgan fingerprint density at radius 2 is 2.18 bits per heavy atom. The van der Waals surface area contributed by atoms with Gasteiger partial charge >= 0.3 is 0 Å². The first-order valence-electron chi connectivity index (χ1n) is 3.53. The summed E-state index contributed by atoms with van der Waals surface area (Å²) in [4.78, 5) is 0. The van der Waals surface area contributed by atoms with Crippen LogP contribution in [-0.2, 0) is 6.42 Å². The van der Waals surface area contributed by atoms with Gasteiger partial charge in [0.25, 0.3) is 0 Å². The van der Waals surface area contributed by atoms with Gasteiger partial charge in [-0.1, -0.05) is 13.0 Å². The van der Waals surface area contributed by atoms with Crippen LogP contribution in [0.3, 0.4) is 0 Å². The molecular weight excluding hydrogens is 143 g/mol. The molecule has 0 saturated heterocycles. The van der Waals surface area contributed by atoms with Crippen LogP contribution in [0.5, 0.6) is 0 Å². The van der Waals surface area contributed by atoms with Crippen LogP contribution in [0.2, 0.25) is 0 Å². The number of aliphatic hydroxyl groups is 1. The van der Waals surface area contributed by atoms with E-state index in [0.29, 0.717) is 5.56 Å². The predicted octanol–water partition coefficient (Wildman–Crippen LogP) is 2.27. The van der Waals surface area contributed by atoms with Crippen molar-refractivity contribution in [1.82, 2.24) is 0 Å². The second kappa shape index (κ2) is 3.49. The summed E-state index contributed by atoms with van der Waals surface area (Å²) < 4.78 is 12.7. The van der Waals surface area contributed by atoms with Crippen LogP contribution < -0.4 is 0 Å². The van der Waals surface area contributed by atoms with E-state index in [1.807, 2.05) is 6.92 Å². The summed E-state index contributed by atoms with van der Waals surface area (Å²) in [7, 11) is 0. The summed E-state index contributed by atoms with van der Waals surface area (Å²) in [5.41, 5.74) is 1.41. The number of aryl methyl sites for hydroxylation is 1. The van der Waals surface area contributed by atoms with Crippen molar-refractivity contribution in [2.45, 2.75) is 13.3 Å². The third-order valence-corrected chi connectivity index (χ3v) is 1.54. The summed E-state index contributed by atoms with van der Waals surface area (Å²) in [5, 5.41) is 8.59. The zero-order valence-corrected chi connectivity index (χ0v) is 6.34. The van der Waals surface area contributed by atoms with E-state index in [-0.39, 0.29) is 5.82 Å². The molecular formula is C9H10FO. The smallest absolute Gasteiger partial charge is 0.123 e. The van der Waals surface area contributed by atoms with Crippen LogP contribution in [0.15, 0.2) is 18.2 Å². The van der Waals surface area contributed by atoms with Gasteiger partial charge < -0.3 is 5.11 Å². The highest BCUT2D eigenvalue weighted by Gasteiger charge is 1.97. The van der Waals surface area contributed by atoms with Gasteiger partial charge in [-0.15, -0.1) is 0 Å². The largest absolute Gasteiger partial charge is 0.385 e. The molecule has 1 aromatic rings. The van der Waals surface area contributed by atoms with E-state index in [9.17, 15) is 4.39 Å². The quantitative estimate of drug-likeness (QED) is 0.691. The highest BCUT2D eigenvalue weighted by Crippen LogP contribution is 2.10. The van der Waals surface area contributed by atoms with Gasteiger partial charge in [0.05, 0.1) is 0 Å². The van der Waals surface area contributed by atoms with Gasteiger partial charge in [0, 0.05) is 0 Å². The zero-order chi connectivity index (χ0) is 8.27. The standard InChI is InChI=1S/C9H10FO/c1-2-7-3-8(6-11)5-9(10)4-7/h3-6,11H,2H2,1H3. The maximum atomic E-state index is 12.7. The summed E-state index contributed by atoms with van der Waals surface area (Å²) >= 11 is 0. The zero-order valence-electron chi connectivity index (χ0n) is 6.34. The minimum absolute atomic E-state index is 0.301. The van der Waals surface area contributed by atoms with Crippen LogP contribution in [0.1, 0.15) is 18.1 Å². The highest BCUT2D eigenvalue weighted by molar-refractivity contribution is 5.27. The van der Waals surface area contributed by atoms with Gasteiger partial charge in [-0.2, -0.15) is 0 Å². The minimum Gasteiger partial charge on any atom is -0.385 e. The molecule has 0 saturated carbocycles. The van der Waals surface area contributed by atoms with Crippen LogP contribution in [0.25, 0.3) is 0 Å². The van der Waals surface area contributed by atoms with Gasteiger partial charge in [0.15, 0.2) is 0 Å². The van der Waals surface area contributed by atoms with Crippen molar-refractivity contribution in [2.75, 3.05) is 0 Å². The number of hydrogen-bond acceptors (Lipinski definition) is 1. The van der Waals surface area contributed by atoms with Crippen molar-refractivity contribution in [3.8, 4) is 0 Å². The molecule has 0 aliphatic rings. The molecule has 1 radical (unpaired) electrons. The molecule has 1 N–H and O–H groups in total. The number of benzene rings is 1. The molecule has 0 aromatic heterocycles. The molecule has 2 heteroatoms. The minimum atomic E-state index is -0.301. The molecule has 1 rings (SSSR count). The fraction of sp³-hybridized carbons (Fsp3) is 0.222. The maximum absolute atomic E-state index is 12.7. The van der Waals surface area contributed by atoms with Crippen LogP contribution >= 0.6 is 0 Å². The Morgan fingerprint density at radius 3 is 2.73 bits per heavy atom. The van der Waals surface area contributed by atoms with E-state index < -0.39 is 0 Å². The molecule has 59 valence electrons. The molecule has 1 nitrogen and oxygen atoms in total. The van der Waals surface area contributed by atoms with Crippen molar-refractivity contribution in [2.24, 2.45) is 0 Å². The SMILES string of the molecule is CCc1cc(F)cc([CH]O)c1. The molecule has 0 aliphatic heterocycles. The van der Waals surface area contributed by atoms with Crippen molar-refractivity contribution < 1.29 is 9.50 Å². The topological polar surface area (TPSA) is 20.2 Å². The van der Waals surface area contributed by atoms with Gasteiger partial charge in [0.1, 0.15) is 12.4 Å². The van der Waals surface area contributed by atoms with Crippen molar-refractivity contribution in [3.05, 3.63) is 41.8 Å². The average molecular weight is 153 g/mol. The van der Waals surface area contributed by atoms with Crippen molar-refractivity contribution >= 4 is 0 Å². The molecule has 0 heterocycles. The first-order valence-corrected chi connectivity index (χ1v) is 3.53. The Hall–Kier alpha value is -0.890. The Bertz CT molecular complexity index is 223. The van der Waals surface area contributed by atoms with Crippen LogP contribution in [0.4, 0.5) is 4.39 Å². The lowest BCUT2D eigenvalue weighted by molar-refractivity contribution is 0.414. The Kier molecular flexibility index (Phi) is 2.60. The lowest BCUT2D eigenvalue weighted by Gasteiger charge is -1.99. The summed E-state index contributed by atoms with van der Waals surface area (Å²) in [5.74, 6) is -0.301. The van der Waals surface area contributed by atoms with E-state index in [0.717, 1.165) is 18.6 Å². The summed E-state index contributed by atoms with van der Waals surface area (Å²) in [6.45, 7) is 2.85. The lowest BCUT2D eigenvalue weighted by Crippen LogP contribution is -1.87. The molecule has 0 unspecified atom stereocenters. The molecule has 0 bridgehead atoms. The third-order valence-electron chi connectivity index (χ3n) is 1.54. The fourth-order valence-corrected chi connectivity index (χ4v) is 0.954. The number of halogens is 1. The predicted molar refractivity (Wildman–Crippen MR) is 41.1 cm³/mol. The molecule has 0 aliphatic carbocycles. The monoisotopic (exact) mass is 153 g/mol. The Labute approximate surface area is 65.5 Å². The van der Waals surface area contributed by atoms with E-state index in [1.165, 1.54) is 12.1 Å².